The lowest BCUT2D eigenvalue weighted by molar-refractivity contribution is -0.123. The van der Waals surface area contributed by atoms with Crippen molar-refractivity contribution in [2.45, 2.75) is 20.4 Å². The van der Waals surface area contributed by atoms with E-state index in [1.165, 1.54) is 5.56 Å². The Morgan fingerprint density at radius 3 is 2.50 bits per heavy atom. The van der Waals surface area contributed by atoms with Crippen LogP contribution in [0.1, 0.15) is 16.7 Å². The first-order valence-electron chi connectivity index (χ1n) is 6.66. The van der Waals surface area contributed by atoms with Gasteiger partial charge in [0, 0.05) is 6.54 Å². The summed E-state index contributed by atoms with van der Waals surface area (Å²) in [6.07, 6.45) is 0. The van der Waals surface area contributed by atoms with Gasteiger partial charge in [-0.15, -0.1) is 0 Å². The van der Waals surface area contributed by atoms with Crippen molar-refractivity contribution in [2.24, 2.45) is 0 Å². The van der Waals surface area contributed by atoms with E-state index in [1.807, 2.05) is 62.4 Å². The van der Waals surface area contributed by atoms with E-state index in [1.54, 1.807) is 0 Å². The molecule has 0 heterocycles. The molecule has 0 bridgehead atoms. The highest BCUT2D eigenvalue weighted by Crippen LogP contribution is 2.16. The zero-order valence-corrected chi connectivity index (χ0v) is 11.8. The van der Waals surface area contributed by atoms with Crippen LogP contribution in [0, 0.1) is 13.8 Å². The molecule has 2 aromatic carbocycles. The van der Waals surface area contributed by atoms with Gasteiger partial charge < -0.3 is 10.1 Å². The molecule has 2 rings (SSSR count). The molecule has 3 nitrogen and oxygen atoms in total. The standard InChI is InChI=1S/C17H19NO2/c1-13-8-9-16(10-14(13)2)20-12-17(19)18-11-15-6-4-3-5-7-15/h3-10H,11-12H2,1-2H3,(H,18,19). The number of ether oxygens (including phenoxy) is 1. The topological polar surface area (TPSA) is 38.3 Å². The summed E-state index contributed by atoms with van der Waals surface area (Å²) in [6, 6.07) is 15.6. The van der Waals surface area contributed by atoms with Crippen LogP contribution >= 0.6 is 0 Å². The number of carbonyl (C=O) groups is 1. The molecule has 0 spiro atoms. The summed E-state index contributed by atoms with van der Waals surface area (Å²) >= 11 is 0. The van der Waals surface area contributed by atoms with Gasteiger partial charge in [0.25, 0.3) is 5.91 Å². The lowest BCUT2D eigenvalue weighted by atomic mass is 10.1. The van der Waals surface area contributed by atoms with E-state index in [0.717, 1.165) is 16.9 Å². The third kappa shape index (κ3) is 4.12. The third-order valence-corrected chi connectivity index (χ3v) is 3.18. The molecule has 0 radical (unpaired) electrons. The van der Waals surface area contributed by atoms with E-state index >= 15 is 0 Å². The summed E-state index contributed by atoms with van der Waals surface area (Å²) in [6.45, 7) is 4.63. The second-order valence-corrected chi connectivity index (χ2v) is 4.80. The Balaban J connectivity index is 1.79. The number of hydrogen-bond donors (Lipinski definition) is 1. The predicted octanol–water partition coefficient (Wildman–Crippen LogP) is 3.00. The highest BCUT2D eigenvalue weighted by molar-refractivity contribution is 5.77. The Morgan fingerprint density at radius 2 is 1.80 bits per heavy atom. The molecule has 20 heavy (non-hydrogen) atoms. The molecule has 104 valence electrons. The number of nitrogens with one attached hydrogen (secondary N) is 1. The highest BCUT2D eigenvalue weighted by atomic mass is 16.5. The molecule has 0 aliphatic carbocycles. The van der Waals surface area contributed by atoms with Gasteiger partial charge in [0.15, 0.2) is 6.61 Å². The van der Waals surface area contributed by atoms with Crippen molar-refractivity contribution in [3.63, 3.8) is 0 Å². The van der Waals surface area contributed by atoms with Crippen molar-refractivity contribution in [3.05, 3.63) is 65.2 Å². The molecule has 3 heteroatoms. The lowest BCUT2D eigenvalue weighted by Crippen LogP contribution is -2.28. The first-order valence-corrected chi connectivity index (χ1v) is 6.66. The molecular weight excluding hydrogens is 250 g/mol. The molecule has 1 amide bonds. The number of aryl methyl sites for hydroxylation is 2. The monoisotopic (exact) mass is 269 g/mol. The molecule has 0 atom stereocenters. The molecule has 0 saturated carbocycles. The zero-order chi connectivity index (χ0) is 14.4. The van der Waals surface area contributed by atoms with Crippen LogP contribution in [0.3, 0.4) is 0 Å². The Hall–Kier alpha value is -2.29. The first kappa shape index (κ1) is 14.1. The number of amides is 1. The molecular formula is C17H19NO2. The maximum absolute atomic E-state index is 11.7. The molecule has 0 unspecified atom stereocenters. The average Bonchev–Trinajstić information content (AvgIpc) is 2.47. The minimum absolute atomic E-state index is 0.0370. The van der Waals surface area contributed by atoms with Gasteiger partial charge in [0.05, 0.1) is 0 Å². The molecule has 1 N–H and O–H groups in total. The maximum atomic E-state index is 11.7. The van der Waals surface area contributed by atoms with Crippen LogP contribution in [0.5, 0.6) is 5.75 Å². The highest BCUT2D eigenvalue weighted by Gasteiger charge is 2.03. The van der Waals surface area contributed by atoms with Gasteiger partial charge >= 0.3 is 0 Å². The summed E-state index contributed by atoms with van der Waals surface area (Å²) in [5, 5.41) is 2.83. The summed E-state index contributed by atoms with van der Waals surface area (Å²) < 4.78 is 5.48. The fraction of sp³-hybridized carbons (Fsp3) is 0.235. The summed E-state index contributed by atoms with van der Waals surface area (Å²) in [5.41, 5.74) is 3.45. The summed E-state index contributed by atoms with van der Waals surface area (Å²) in [7, 11) is 0. The number of hydrogen-bond acceptors (Lipinski definition) is 2. The summed E-state index contributed by atoms with van der Waals surface area (Å²) in [4.78, 5) is 11.7. The van der Waals surface area contributed by atoms with Crippen LogP contribution in [0.4, 0.5) is 0 Å². The van der Waals surface area contributed by atoms with E-state index in [-0.39, 0.29) is 12.5 Å². The quantitative estimate of drug-likeness (QED) is 0.906. The van der Waals surface area contributed by atoms with E-state index in [0.29, 0.717) is 6.54 Å². The van der Waals surface area contributed by atoms with Crippen LogP contribution in [0.15, 0.2) is 48.5 Å². The average molecular weight is 269 g/mol. The van der Waals surface area contributed by atoms with Crippen molar-refractivity contribution in [1.29, 1.82) is 0 Å². The number of rotatable bonds is 5. The SMILES string of the molecule is Cc1ccc(OCC(=O)NCc2ccccc2)cc1C. The van der Waals surface area contributed by atoms with Crippen LogP contribution in [-0.4, -0.2) is 12.5 Å². The van der Waals surface area contributed by atoms with Gasteiger partial charge in [-0.25, -0.2) is 0 Å². The van der Waals surface area contributed by atoms with Crippen molar-refractivity contribution in [2.75, 3.05) is 6.61 Å². The van der Waals surface area contributed by atoms with Crippen molar-refractivity contribution < 1.29 is 9.53 Å². The maximum Gasteiger partial charge on any atom is 0.258 e. The molecule has 0 aliphatic heterocycles. The van der Waals surface area contributed by atoms with Crippen molar-refractivity contribution in [1.82, 2.24) is 5.32 Å². The second kappa shape index (κ2) is 6.75. The Kier molecular flexibility index (Phi) is 4.77. The Labute approximate surface area is 119 Å². The van der Waals surface area contributed by atoms with E-state index in [4.69, 9.17) is 4.74 Å². The van der Waals surface area contributed by atoms with Gasteiger partial charge in [-0.1, -0.05) is 36.4 Å². The van der Waals surface area contributed by atoms with Gasteiger partial charge in [-0.2, -0.15) is 0 Å². The van der Waals surface area contributed by atoms with Crippen molar-refractivity contribution in [3.8, 4) is 5.75 Å². The first-order chi connectivity index (χ1) is 9.65. The third-order valence-electron chi connectivity index (χ3n) is 3.18. The molecule has 0 saturated heterocycles. The van der Waals surface area contributed by atoms with Gasteiger partial charge in [-0.3, -0.25) is 4.79 Å². The number of carbonyl (C=O) groups excluding carboxylic acids is 1. The molecule has 0 aromatic heterocycles. The normalized spacial score (nSPS) is 10.1. The molecule has 2 aromatic rings. The summed E-state index contributed by atoms with van der Waals surface area (Å²) in [5.74, 6) is 0.607. The number of benzene rings is 2. The molecule has 0 fully saturated rings. The van der Waals surface area contributed by atoms with Gasteiger partial charge in [-0.05, 0) is 42.7 Å². The lowest BCUT2D eigenvalue weighted by Gasteiger charge is -2.09. The van der Waals surface area contributed by atoms with E-state index in [9.17, 15) is 4.79 Å². The van der Waals surface area contributed by atoms with Crippen LogP contribution in [0.2, 0.25) is 0 Å². The fourth-order valence-corrected chi connectivity index (χ4v) is 1.80. The van der Waals surface area contributed by atoms with E-state index < -0.39 is 0 Å². The Morgan fingerprint density at radius 1 is 1.05 bits per heavy atom. The predicted molar refractivity (Wildman–Crippen MR) is 79.7 cm³/mol. The molecule has 0 aliphatic rings. The van der Waals surface area contributed by atoms with Crippen LogP contribution < -0.4 is 10.1 Å². The van der Waals surface area contributed by atoms with Crippen LogP contribution in [-0.2, 0) is 11.3 Å². The van der Waals surface area contributed by atoms with Crippen molar-refractivity contribution >= 4 is 5.91 Å². The smallest absolute Gasteiger partial charge is 0.258 e. The minimum Gasteiger partial charge on any atom is -0.484 e. The fourth-order valence-electron chi connectivity index (χ4n) is 1.80. The largest absolute Gasteiger partial charge is 0.484 e. The van der Waals surface area contributed by atoms with E-state index in [2.05, 4.69) is 5.32 Å². The van der Waals surface area contributed by atoms with Gasteiger partial charge in [0.2, 0.25) is 0 Å². The van der Waals surface area contributed by atoms with Crippen LogP contribution in [0.25, 0.3) is 0 Å². The zero-order valence-electron chi connectivity index (χ0n) is 11.8. The second-order valence-electron chi connectivity index (χ2n) is 4.80. The van der Waals surface area contributed by atoms with Gasteiger partial charge in [0.1, 0.15) is 5.75 Å². The Bertz CT molecular complexity index is 579. The minimum atomic E-state index is -0.118.